The van der Waals surface area contributed by atoms with Crippen LogP contribution in [-0.4, -0.2) is 0 Å². The number of hydrogen-bond acceptors (Lipinski definition) is 1. The quantitative estimate of drug-likeness (QED) is 0.774. The van der Waals surface area contributed by atoms with E-state index in [-0.39, 0.29) is 0 Å². The smallest absolute Gasteiger partial charge is 0.0178 e. The van der Waals surface area contributed by atoms with Crippen LogP contribution in [0.3, 0.4) is 0 Å². The van der Waals surface area contributed by atoms with E-state index in [1.807, 2.05) is 0 Å². The Balaban J connectivity index is 2.25. The molecule has 1 nitrogen and oxygen atoms in total. The minimum atomic E-state index is 0.608. The van der Waals surface area contributed by atoms with Gasteiger partial charge in [-0.25, -0.2) is 0 Å². The van der Waals surface area contributed by atoms with Crippen LogP contribution in [-0.2, 0) is 6.54 Å². The first kappa shape index (κ1) is 9.94. The van der Waals surface area contributed by atoms with E-state index < -0.39 is 0 Å². The predicted molar refractivity (Wildman–Crippen MR) is 65.2 cm³/mol. The van der Waals surface area contributed by atoms with Gasteiger partial charge in [0.2, 0.25) is 0 Å². The fraction of sp³-hybridized carbons (Fsp3) is 0.143. The van der Waals surface area contributed by atoms with Crippen molar-refractivity contribution in [2.24, 2.45) is 5.73 Å². The van der Waals surface area contributed by atoms with E-state index in [1.165, 1.54) is 16.7 Å². The maximum atomic E-state index is 5.56. The average molecular weight is 197 g/mol. The normalized spacial score (nSPS) is 14.9. The monoisotopic (exact) mass is 197 g/mol. The second-order valence-electron chi connectivity index (χ2n) is 3.58. The lowest BCUT2D eigenvalue weighted by atomic mass is 10.0. The van der Waals surface area contributed by atoms with Crippen LogP contribution >= 0.6 is 0 Å². The van der Waals surface area contributed by atoms with Crippen molar-refractivity contribution in [3.05, 3.63) is 65.8 Å². The molecule has 0 saturated heterocycles. The Morgan fingerprint density at radius 2 is 1.87 bits per heavy atom. The zero-order valence-corrected chi connectivity index (χ0v) is 8.69. The van der Waals surface area contributed by atoms with Crippen molar-refractivity contribution < 1.29 is 0 Å². The molecule has 1 heteroatoms. The Bertz CT molecular complexity index is 407. The third kappa shape index (κ3) is 2.45. The molecule has 0 saturated carbocycles. The van der Waals surface area contributed by atoms with Crippen LogP contribution < -0.4 is 5.73 Å². The molecule has 2 rings (SSSR count). The number of hydrogen-bond donors (Lipinski definition) is 1. The summed E-state index contributed by atoms with van der Waals surface area (Å²) in [6.07, 6.45) is 11.7. The molecule has 15 heavy (non-hydrogen) atoms. The van der Waals surface area contributed by atoms with Crippen molar-refractivity contribution in [3.63, 3.8) is 0 Å². The summed E-state index contributed by atoms with van der Waals surface area (Å²) in [7, 11) is 0. The molecule has 0 atom stereocenters. The van der Waals surface area contributed by atoms with E-state index in [9.17, 15) is 0 Å². The lowest BCUT2D eigenvalue weighted by molar-refractivity contribution is 1.07. The van der Waals surface area contributed by atoms with Crippen molar-refractivity contribution in [2.45, 2.75) is 13.0 Å². The average Bonchev–Trinajstić information content (AvgIpc) is 2.58. The molecule has 1 aliphatic carbocycles. The summed E-state index contributed by atoms with van der Waals surface area (Å²) < 4.78 is 0. The van der Waals surface area contributed by atoms with Crippen LogP contribution in [0.5, 0.6) is 0 Å². The molecule has 0 aliphatic heterocycles. The van der Waals surface area contributed by atoms with Gasteiger partial charge in [0.1, 0.15) is 0 Å². The van der Waals surface area contributed by atoms with Crippen LogP contribution in [0.15, 0.2) is 54.6 Å². The zero-order chi connectivity index (χ0) is 10.5. The summed E-state index contributed by atoms with van der Waals surface area (Å²) in [6, 6.07) is 8.43. The first-order chi connectivity index (χ1) is 7.40. The Labute approximate surface area is 90.6 Å². The van der Waals surface area contributed by atoms with Gasteiger partial charge in [-0.1, -0.05) is 54.6 Å². The van der Waals surface area contributed by atoms with E-state index in [0.717, 1.165) is 6.42 Å². The number of allylic oxidation sites excluding steroid dienone is 6. The third-order valence-electron chi connectivity index (χ3n) is 2.52. The molecule has 2 N–H and O–H groups in total. The first-order valence-electron chi connectivity index (χ1n) is 5.23. The molecular formula is C14H15N. The molecule has 1 aliphatic rings. The largest absolute Gasteiger partial charge is 0.326 e. The fourth-order valence-corrected chi connectivity index (χ4v) is 1.63. The van der Waals surface area contributed by atoms with E-state index in [0.29, 0.717) is 6.54 Å². The minimum Gasteiger partial charge on any atom is -0.326 e. The van der Waals surface area contributed by atoms with E-state index >= 15 is 0 Å². The molecule has 76 valence electrons. The van der Waals surface area contributed by atoms with Gasteiger partial charge in [0.05, 0.1) is 0 Å². The molecule has 0 unspecified atom stereocenters. The summed E-state index contributed by atoms with van der Waals surface area (Å²) >= 11 is 0. The Morgan fingerprint density at radius 3 is 2.60 bits per heavy atom. The highest BCUT2D eigenvalue weighted by Crippen LogP contribution is 2.19. The molecule has 0 bridgehead atoms. The molecule has 0 radical (unpaired) electrons. The number of nitrogens with two attached hydrogens (primary N) is 1. The Morgan fingerprint density at radius 1 is 1.07 bits per heavy atom. The molecule has 1 aromatic rings. The number of benzene rings is 1. The maximum absolute atomic E-state index is 5.56. The van der Waals surface area contributed by atoms with Crippen molar-refractivity contribution in [1.82, 2.24) is 0 Å². The van der Waals surface area contributed by atoms with Crippen LogP contribution in [0.4, 0.5) is 0 Å². The van der Waals surface area contributed by atoms with E-state index in [2.05, 4.69) is 54.6 Å². The van der Waals surface area contributed by atoms with Gasteiger partial charge < -0.3 is 5.73 Å². The topological polar surface area (TPSA) is 26.0 Å². The summed E-state index contributed by atoms with van der Waals surface area (Å²) in [5.41, 5.74) is 9.28. The molecule has 1 aromatic carbocycles. The Hall–Kier alpha value is -1.60. The first-order valence-corrected chi connectivity index (χ1v) is 5.23. The van der Waals surface area contributed by atoms with E-state index in [1.54, 1.807) is 0 Å². The summed E-state index contributed by atoms with van der Waals surface area (Å²) in [5, 5.41) is 0. The molecule has 0 fully saturated rings. The van der Waals surface area contributed by atoms with Gasteiger partial charge >= 0.3 is 0 Å². The molecule has 0 spiro atoms. The summed E-state index contributed by atoms with van der Waals surface area (Å²) in [4.78, 5) is 0. The standard InChI is InChI=1S/C14H15N/c15-11-12-7-9-14(10-8-12)13-5-3-1-2-4-6-13/h1-3,5-10H,4,11,15H2. The van der Waals surface area contributed by atoms with Gasteiger partial charge in [0.25, 0.3) is 0 Å². The van der Waals surface area contributed by atoms with Crippen LogP contribution in [0, 0.1) is 0 Å². The Kier molecular flexibility index (Phi) is 3.15. The highest BCUT2D eigenvalue weighted by molar-refractivity contribution is 5.74. The molecule has 0 heterocycles. The van der Waals surface area contributed by atoms with Gasteiger partial charge in [0, 0.05) is 6.54 Å². The van der Waals surface area contributed by atoms with Crippen LogP contribution in [0.25, 0.3) is 5.57 Å². The lowest BCUT2D eigenvalue weighted by Gasteiger charge is -2.03. The fourth-order valence-electron chi connectivity index (χ4n) is 1.63. The molecule has 0 amide bonds. The van der Waals surface area contributed by atoms with Crippen molar-refractivity contribution in [2.75, 3.05) is 0 Å². The van der Waals surface area contributed by atoms with E-state index in [4.69, 9.17) is 5.73 Å². The van der Waals surface area contributed by atoms with Crippen LogP contribution in [0.1, 0.15) is 17.5 Å². The second kappa shape index (κ2) is 4.76. The van der Waals surface area contributed by atoms with Crippen molar-refractivity contribution >= 4 is 5.57 Å². The van der Waals surface area contributed by atoms with Crippen molar-refractivity contribution in [3.8, 4) is 0 Å². The van der Waals surface area contributed by atoms with Crippen LogP contribution in [0.2, 0.25) is 0 Å². The highest BCUT2D eigenvalue weighted by atomic mass is 14.5. The van der Waals surface area contributed by atoms with Gasteiger partial charge in [-0.05, 0) is 23.1 Å². The predicted octanol–water partition coefficient (Wildman–Crippen LogP) is 3.04. The maximum Gasteiger partial charge on any atom is 0.0178 e. The third-order valence-corrected chi connectivity index (χ3v) is 2.52. The SMILES string of the molecule is NCc1ccc(C2=CCC=CC=C2)cc1. The molecular weight excluding hydrogens is 182 g/mol. The number of rotatable bonds is 2. The minimum absolute atomic E-state index is 0.608. The zero-order valence-electron chi connectivity index (χ0n) is 8.69. The summed E-state index contributed by atoms with van der Waals surface area (Å²) in [6.45, 7) is 0.608. The van der Waals surface area contributed by atoms with Gasteiger partial charge in [-0.15, -0.1) is 0 Å². The highest BCUT2D eigenvalue weighted by Gasteiger charge is 1.98. The second-order valence-corrected chi connectivity index (χ2v) is 3.58. The van der Waals surface area contributed by atoms with Gasteiger partial charge in [0.15, 0.2) is 0 Å². The summed E-state index contributed by atoms with van der Waals surface area (Å²) in [5.74, 6) is 0. The van der Waals surface area contributed by atoms with Crippen molar-refractivity contribution in [1.29, 1.82) is 0 Å². The molecule has 0 aromatic heterocycles. The van der Waals surface area contributed by atoms with Gasteiger partial charge in [-0.2, -0.15) is 0 Å². The lowest BCUT2D eigenvalue weighted by Crippen LogP contribution is -1.95. The van der Waals surface area contributed by atoms with Gasteiger partial charge in [-0.3, -0.25) is 0 Å².